The lowest BCUT2D eigenvalue weighted by molar-refractivity contribution is -0.237. The molecule has 6 aliphatic rings. The first-order valence-electron chi connectivity index (χ1n) is 25.8. The molecule has 1 N–H and O–H groups in total. The lowest BCUT2D eigenvalue weighted by Crippen LogP contribution is -2.53. The molecule has 0 bridgehead atoms. The highest BCUT2D eigenvalue weighted by Gasteiger charge is 2.57. The van der Waals surface area contributed by atoms with Crippen LogP contribution < -0.4 is 0 Å². The van der Waals surface area contributed by atoms with Crippen molar-refractivity contribution in [2.75, 3.05) is 26.4 Å². The third-order valence-electron chi connectivity index (χ3n) is 16.8. The van der Waals surface area contributed by atoms with Gasteiger partial charge in [0, 0.05) is 90.2 Å². The predicted molar refractivity (Wildman–Crippen MR) is 274 cm³/mol. The second-order valence-electron chi connectivity index (χ2n) is 20.9. The Morgan fingerprint density at radius 3 is 1.71 bits per heavy atom. The maximum absolute atomic E-state index is 13.3. The van der Waals surface area contributed by atoms with Crippen molar-refractivity contribution >= 4 is 17.6 Å². The van der Waals surface area contributed by atoms with Crippen molar-refractivity contribution in [3.63, 3.8) is 0 Å². The molecule has 2 saturated heterocycles. The molecule has 2 aromatic heterocycles. The summed E-state index contributed by atoms with van der Waals surface area (Å²) in [6, 6.07) is 41.3. The van der Waals surface area contributed by atoms with Crippen molar-refractivity contribution in [1.29, 1.82) is 0 Å². The van der Waals surface area contributed by atoms with Crippen LogP contribution in [0.1, 0.15) is 115 Å². The zero-order valence-electron chi connectivity index (χ0n) is 41.4. The number of aryl methyl sites for hydroxylation is 2. The summed E-state index contributed by atoms with van der Waals surface area (Å²) in [6.45, 7) is 6.66. The number of Topliss-reactive ketones (excluding diaryl/α,β-unsaturated/α-hetero) is 2. The number of hydrogen-bond acceptors (Lipinski definition) is 10. The van der Waals surface area contributed by atoms with Crippen LogP contribution >= 0.6 is 0 Å². The fourth-order valence-electron chi connectivity index (χ4n) is 13.0. The van der Waals surface area contributed by atoms with Crippen LogP contribution in [0.4, 0.5) is 0 Å². The highest BCUT2D eigenvalue weighted by Crippen LogP contribution is 2.56. The molecule has 1 unspecified atom stereocenters. The highest BCUT2D eigenvalue weighted by atomic mass is 16.7. The van der Waals surface area contributed by atoms with Gasteiger partial charge in [-0.1, -0.05) is 109 Å². The summed E-state index contributed by atoms with van der Waals surface area (Å²) < 4.78 is 30.5. The van der Waals surface area contributed by atoms with Gasteiger partial charge in [-0.2, -0.15) is 0 Å². The van der Waals surface area contributed by atoms with E-state index in [4.69, 9.17) is 23.7 Å². The fraction of sp³-hybridized carbons (Fsp3) is 0.387. The number of allylic oxidation sites excluding steroid dienone is 1. The van der Waals surface area contributed by atoms with Crippen LogP contribution in [0, 0.1) is 25.7 Å². The number of aliphatic hydroxyl groups excluding tert-OH is 1. The number of carbonyl (C=O) groups excluding carboxylic acids is 2. The van der Waals surface area contributed by atoms with E-state index < -0.39 is 17.9 Å². The Kier molecular flexibility index (Phi) is 13.5. The summed E-state index contributed by atoms with van der Waals surface area (Å²) in [5, 5.41) is 11.3. The zero-order valence-corrected chi connectivity index (χ0v) is 41.4. The third-order valence-corrected chi connectivity index (χ3v) is 16.8. The molecule has 10 nitrogen and oxygen atoms in total. The molecule has 12 rings (SSSR count). The molecule has 5 heterocycles. The summed E-state index contributed by atoms with van der Waals surface area (Å²) >= 11 is 0. The van der Waals surface area contributed by atoms with Gasteiger partial charge in [0.05, 0.1) is 33.0 Å². The molecular weight excluding hydrogens is 901 g/mol. The van der Waals surface area contributed by atoms with Crippen molar-refractivity contribution in [2.24, 2.45) is 11.8 Å². The Morgan fingerprint density at radius 2 is 1.12 bits per heavy atom. The summed E-state index contributed by atoms with van der Waals surface area (Å²) in [5.41, 5.74) is 11.9. The molecule has 5 atom stereocenters. The lowest BCUT2D eigenvalue weighted by Gasteiger charge is -2.51. The Bertz CT molecular complexity index is 2960. The van der Waals surface area contributed by atoms with Gasteiger partial charge >= 0.3 is 0 Å². The monoisotopic (exact) mass is 964 g/mol. The Morgan fingerprint density at radius 1 is 0.597 bits per heavy atom. The van der Waals surface area contributed by atoms with E-state index in [1.165, 1.54) is 16.7 Å². The van der Waals surface area contributed by atoms with Gasteiger partial charge in [0.2, 0.25) is 0 Å². The van der Waals surface area contributed by atoms with Gasteiger partial charge < -0.3 is 28.8 Å². The normalized spacial score (nSPS) is 25.3. The molecule has 370 valence electrons. The van der Waals surface area contributed by atoms with E-state index in [0.29, 0.717) is 57.2 Å². The van der Waals surface area contributed by atoms with Gasteiger partial charge in [-0.15, -0.1) is 0 Å². The maximum Gasteiger partial charge on any atom is 0.169 e. The first kappa shape index (κ1) is 48.3. The third kappa shape index (κ3) is 9.45. The number of aromatic nitrogens is 2. The first-order chi connectivity index (χ1) is 35.0. The minimum atomic E-state index is -0.960. The Labute approximate surface area is 422 Å². The summed E-state index contributed by atoms with van der Waals surface area (Å²) in [4.78, 5) is 35.1. The van der Waals surface area contributed by atoms with Gasteiger partial charge in [-0.25, -0.2) is 0 Å². The molecule has 72 heavy (non-hydrogen) atoms. The van der Waals surface area contributed by atoms with E-state index in [0.717, 1.165) is 89.7 Å². The van der Waals surface area contributed by atoms with Crippen molar-refractivity contribution < 1.29 is 38.4 Å². The van der Waals surface area contributed by atoms with E-state index in [9.17, 15) is 14.7 Å². The van der Waals surface area contributed by atoms with Crippen LogP contribution in [0.5, 0.6) is 0 Å². The average molecular weight is 965 g/mol. The molecule has 4 aromatic carbocycles. The number of carbonyl (C=O) groups is 2. The molecule has 2 saturated carbocycles. The van der Waals surface area contributed by atoms with Crippen LogP contribution in [0.2, 0.25) is 0 Å². The average Bonchev–Trinajstić information content (AvgIpc) is 4.05. The maximum atomic E-state index is 13.3. The SMILES string of the molecule is Cc1ncccc1CC(=O)c1ccc2c(c1)C=C[C@H]1CC3(CC[C@@]21Cc1ccccc1)OCCO3.Cc1ncccc1CC(=O)c1ccc2c(c1)COC(O)[C@H]1CC3(CC[C@@]21Cc1ccccc1)OCCO3. The smallest absolute Gasteiger partial charge is 0.169 e. The molecule has 3 aliphatic heterocycles. The number of hydrogen-bond donors (Lipinski definition) is 1. The van der Waals surface area contributed by atoms with Gasteiger partial charge in [0.1, 0.15) is 0 Å². The number of benzene rings is 4. The first-order valence-corrected chi connectivity index (χ1v) is 25.8. The van der Waals surface area contributed by atoms with Crippen molar-refractivity contribution in [2.45, 2.75) is 113 Å². The zero-order chi connectivity index (χ0) is 49.3. The predicted octanol–water partition coefficient (Wildman–Crippen LogP) is 10.6. The molecule has 10 heteroatoms. The van der Waals surface area contributed by atoms with Crippen molar-refractivity contribution in [3.05, 3.63) is 207 Å². The van der Waals surface area contributed by atoms with E-state index in [1.54, 1.807) is 12.4 Å². The molecule has 2 spiro atoms. The van der Waals surface area contributed by atoms with Crippen LogP contribution in [-0.4, -0.2) is 70.9 Å². The topological polar surface area (TPSA) is 126 Å². The second-order valence-corrected chi connectivity index (χ2v) is 20.9. The highest BCUT2D eigenvalue weighted by molar-refractivity contribution is 5.99. The standard InChI is InChI=1S/C31H33NO5.C31H31NO3/c1-21-23(8-5-13-32-21)17-28(33)24-9-10-26-25(16-24)20-35-29(34)27-19-31(36-14-15-37-31)12-11-30(26,27)18-22-6-3-2-4-7-22;1-22-24(8-5-15-32-22)19-29(33)26-10-12-28-25(18-26)9-11-27-21-31(34-16-17-35-31)14-13-30(27,28)20-23-6-3-2-4-7-23/h2-10,13,16,27,29,34H,11-12,14-15,17-20H2,1H3;2-12,15,18,27H,13-14,16-17,19-21H2,1H3/t27-,29?,30-;27-,30-/m10/s1. The van der Waals surface area contributed by atoms with Crippen LogP contribution in [0.25, 0.3) is 6.08 Å². The van der Waals surface area contributed by atoms with E-state index in [2.05, 4.69) is 94.9 Å². The van der Waals surface area contributed by atoms with Crippen LogP contribution in [0.15, 0.2) is 140 Å². The second kappa shape index (κ2) is 20.1. The Hall–Kier alpha value is -5.98. The summed E-state index contributed by atoms with van der Waals surface area (Å²) in [7, 11) is 0. The van der Waals surface area contributed by atoms with E-state index in [1.807, 2.05) is 62.4 Å². The van der Waals surface area contributed by atoms with Gasteiger partial charge in [-0.05, 0) is 114 Å². The minimum absolute atomic E-state index is 0.0342. The molecule has 6 aromatic rings. The summed E-state index contributed by atoms with van der Waals surface area (Å²) in [6.07, 6.45) is 14.4. The van der Waals surface area contributed by atoms with Gasteiger partial charge in [-0.3, -0.25) is 19.6 Å². The Balaban J connectivity index is 0.000000156. The number of fused-ring (bicyclic) bond motifs is 6. The molecule has 4 fully saturated rings. The molecule has 3 aliphatic carbocycles. The van der Waals surface area contributed by atoms with Crippen molar-refractivity contribution in [1.82, 2.24) is 9.97 Å². The number of rotatable bonds is 10. The van der Waals surface area contributed by atoms with E-state index >= 15 is 0 Å². The number of ether oxygens (including phenoxy) is 5. The largest absolute Gasteiger partial charge is 0.368 e. The van der Waals surface area contributed by atoms with Gasteiger partial charge in [0.15, 0.2) is 29.4 Å². The number of pyridine rings is 2. The molecule has 0 amide bonds. The number of nitrogens with zero attached hydrogens (tertiary/aromatic N) is 2. The van der Waals surface area contributed by atoms with Gasteiger partial charge in [0.25, 0.3) is 0 Å². The quantitative estimate of drug-likeness (QED) is 0.133. The molecular formula is C62H64N2O8. The number of aliphatic hydroxyl groups is 1. The number of ketones is 2. The van der Waals surface area contributed by atoms with Crippen LogP contribution in [-0.2, 0) is 66.8 Å². The fourth-order valence-corrected chi connectivity index (χ4v) is 13.0. The minimum Gasteiger partial charge on any atom is -0.368 e. The summed E-state index contributed by atoms with van der Waals surface area (Å²) in [5.74, 6) is -0.803. The molecule has 0 radical (unpaired) electrons. The van der Waals surface area contributed by atoms with Crippen molar-refractivity contribution in [3.8, 4) is 0 Å². The van der Waals surface area contributed by atoms with E-state index in [-0.39, 0.29) is 34.9 Å². The lowest BCUT2D eigenvalue weighted by atomic mass is 9.56. The van der Waals surface area contributed by atoms with Crippen LogP contribution in [0.3, 0.4) is 0 Å².